The SMILES string of the molecule is CCCPC.[Eu]. The molecule has 0 N–H and O–H groups in total. The van der Waals surface area contributed by atoms with E-state index in [1.165, 1.54) is 12.6 Å². The average molecular weight is 242 g/mol. The van der Waals surface area contributed by atoms with Gasteiger partial charge in [-0.15, -0.1) is 8.58 Å². The third kappa shape index (κ3) is 9.38. The molecule has 6 heavy (non-hydrogen) atoms. The van der Waals surface area contributed by atoms with Crippen LogP contribution in [0.25, 0.3) is 0 Å². The van der Waals surface area contributed by atoms with Crippen LogP contribution in [0, 0.1) is 49.4 Å². The van der Waals surface area contributed by atoms with E-state index in [9.17, 15) is 0 Å². The van der Waals surface area contributed by atoms with E-state index in [0.717, 1.165) is 8.58 Å². The van der Waals surface area contributed by atoms with Gasteiger partial charge < -0.3 is 0 Å². The Morgan fingerprint density at radius 1 is 1.50 bits per heavy atom. The van der Waals surface area contributed by atoms with Gasteiger partial charge in [0, 0.05) is 49.4 Å². The van der Waals surface area contributed by atoms with E-state index in [1.807, 2.05) is 0 Å². The van der Waals surface area contributed by atoms with Gasteiger partial charge in [0.15, 0.2) is 0 Å². The van der Waals surface area contributed by atoms with Crippen molar-refractivity contribution < 1.29 is 49.4 Å². The molecule has 0 aliphatic rings. The summed E-state index contributed by atoms with van der Waals surface area (Å²) in [7, 11) is 1.16. The Bertz CT molecular complexity index is 15.0. The van der Waals surface area contributed by atoms with Crippen LogP contribution in [-0.4, -0.2) is 12.8 Å². The molecule has 0 saturated heterocycles. The van der Waals surface area contributed by atoms with Crippen LogP contribution < -0.4 is 0 Å². The number of rotatable bonds is 2. The number of hydrogen-bond donors (Lipinski definition) is 0. The molecule has 1 atom stereocenters. The Hall–Kier alpha value is 2.01. The van der Waals surface area contributed by atoms with Gasteiger partial charge in [0.2, 0.25) is 0 Å². The summed E-state index contributed by atoms with van der Waals surface area (Å²) in [5, 5.41) is 0. The van der Waals surface area contributed by atoms with E-state index in [-0.39, 0.29) is 49.4 Å². The number of hydrogen-bond acceptors (Lipinski definition) is 0. The molecular formula is C4H11EuP. The minimum absolute atomic E-state index is 0. The van der Waals surface area contributed by atoms with Crippen LogP contribution >= 0.6 is 8.58 Å². The normalized spacial score (nSPS) is 9.00. The minimum atomic E-state index is 0. The van der Waals surface area contributed by atoms with Gasteiger partial charge in [-0.25, -0.2) is 0 Å². The largest absolute Gasteiger partial charge is 0.125 e. The van der Waals surface area contributed by atoms with Crippen LogP contribution in [0.15, 0.2) is 0 Å². The molecule has 0 fully saturated rings. The fourth-order valence-electron chi connectivity index (χ4n) is 0.250. The van der Waals surface area contributed by atoms with Crippen molar-refractivity contribution >= 4 is 8.58 Å². The topological polar surface area (TPSA) is 0 Å². The summed E-state index contributed by atoms with van der Waals surface area (Å²) in [6.45, 7) is 4.46. The van der Waals surface area contributed by atoms with Crippen LogP contribution in [0.3, 0.4) is 0 Å². The molecule has 0 aliphatic heterocycles. The first-order valence-electron chi connectivity index (χ1n) is 2.06. The monoisotopic (exact) mass is 243 g/mol. The molecule has 0 nitrogen and oxygen atoms in total. The van der Waals surface area contributed by atoms with Crippen LogP contribution in [0.5, 0.6) is 0 Å². The van der Waals surface area contributed by atoms with Crippen molar-refractivity contribution in [3.63, 3.8) is 0 Å². The van der Waals surface area contributed by atoms with Crippen molar-refractivity contribution in [2.45, 2.75) is 13.3 Å². The zero-order valence-electron chi connectivity index (χ0n) is 4.29. The standard InChI is InChI=1S/C4H11P.Eu/c1-3-4-5-2;/h5H,3-4H2,1-2H3;. The van der Waals surface area contributed by atoms with Crippen LogP contribution in [0.1, 0.15) is 13.3 Å². The van der Waals surface area contributed by atoms with E-state index in [2.05, 4.69) is 13.6 Å². The summed E-state index contributed by atoms with van der Waals surface area (Å²) in [4.78, 5) is 0. The molecular weight excluding hydrogens is 231 g/mol. The molecule has 0 heterocycles. The van der Waals surface area contributed by atoms with Crippen LogP contribution in [0.4, 0.5) is 0 Å². The Balaban J connectivity index is 0. The summed E-state index contributed by atoms with van der Waals surface area (Å²) in [6.07, 6.45) is 2.77. The Kier molecular flexibility index (Phi) is 18.3. The van der Waals surface area contributed by atoms with Gasteiger partial charge in [0.1, 0.15) is 0 Å². The first kappa shape index (κ1) is 10.9. The molecule has 0 amide bonds. The molecule has 0 bridgehead atoms. The van der Waals surface area contributed by atoms with Crippen molar-refractivity contribution in [3.05, 3.63) is 0 Å². The second-order valence-corrected chi connectivity index (χ2v) is 2.31. The Morgan fingerprint density at radius 2 is 2.00 bits per heavy atom. The third-order valence-electron chi connectivity index (χ3n) is 0.500. The molecule has 0 saturated carbocycles. The van der Waals surface area contributed by atoms with Gasteiger partial charge in [-0.05, 0) is 12.8 Å². The van der Waals surface area contributed by atoms with Crippen LogP contribution in [-0.2, 0) is 0 Å². The summed E-state index contributed by atoms with van der Waals surface area (Å²) in [5.74, 6) is 0. The van der Waals surface area contributed by atoms with Gasteiger partial charge in [-0.2, -0.15) is 0 Å². The van der Waals surface area contributed by atoms with E-state index in [1.54, 1.807) is 0 Å². The summed E-state index contributed by atoms with van der Waals surface area (Å²) >= 11 is 0. The molecule has 1 unspecified atom stereocenters. The predicted molar refractivity (Wildman–Crippen MR) is 29.4 cm³/mol. The molecule has 0 aromatic rings. The van der Waals surface area contributed by atoms with Crippen LogP contribution in [0.2, 0.25) is 0 Å². The molecule has 0 aromatic carbocycles. The molecule has 0 aromatic heterocycles. The molecule has 2 heteroatoms. The maximum atomic E-state index is 2.24. The summed E-state index contributed by atoms with van der Waals surface area (Å²) in [5.41, 5.74) is 0. The van der Waals surface area contributed by atoms with E-state index in [0.29, 0.717) is 0 Å². The van der Waals surface area contributed by atoms with Gasteiger partial charge in [-0.3, -0.25) is 0 Å². The average Bonchev–Trinajstić information content (AvgIpc) is 1.41. The molecule has 1 radical (unpaired) electrons. The molecule has 0 spiro atoms. The molecule has 0 aliphatic carbocycles. The van der Waals surface area contributed by atoms with Crippen molar-refractivity contribution in [1.29, 1.82) is 0 Å². The first-order chi connectivity index (χ1) is 2.41. The van der Waals surface area contributed by atoms with Gasteiger partial charge >= 0.3 is 0 Å². The predicted octanol–water partition coefficient (Wildman–Crippen LogP) is 1.70. The third-order valence-corrected chi connectivity index (χ3v) is 1.50. The van der Waals surface area contributed by atoms with Gasteiger partial charge in [-0.1, -0.05) is 13.3 Å². The smallest absolute Gasteiger partial charge is 0 e. The van der Waals surface area contributed by atoms with Gasteiger partial charge in [0.05, 0.1) is 0 Å². The molecule has 0 rings (SSSR count). The summed E-state index contributed by atoms with van der Waals surface area (Å²) < 4.78 is 0. The Labute approximate surface area is 82.8 Å². The van der Waals surface area contributed by atoms with Gasteiger partial charge in [0.25, 0.3) is 0 Å². The van der Waals surface area contributed by atoms with E-state index in [4.69, 9.17) is 0 Å². The maximum absolute atomic E-state index is 2.24. The van der Waals surface area contributed by atoms with Crippen molar-refractivity contribution in [3.8, 4) is 0 Å². The fraction of sp³-hybridized carbons (Fsp3) is 1.00. The van der Waals surface area contributed by atoms with Crippen molar-refractivity contribution in [1.82, 2.24) is 0 Å². The Morgan fingerprint density at radius 3 is 2.00 bits per heavy atom. The molecule has 39 valence electrons. The zero-order valence-corrected chi connectivity index (χ0v) is 7.72. The van der Waals surface area contributed by atoms with Crippen molar-refractivity contribution in [2.75, 3.05) is 12.8 Å². The van der Waals surface area contributed by atoms with E-state index >= 15 is 0 Å². The maximum Gasteiger partial charge on any atom is 0 e. The van der Waals surface area contributed by atoms with Crippen molar-refractivity contribution in [2.24, 2.45) is 0 Å². The summed E-state index contributed by atoms with van der Waals surface area (Å²) in [6, 6.07) is 0. The van der Waals surface area contributed by atoms with E-state index < -0.39 is 0 Å². The second kappa shape index (κ2) is 10.1. The quantitative estimate of drug-likeness (QED) is 0.646. The zero-order chi connectivity index (χ0) is 4.12. The first-order valence-corrected chi connectivity index (χ1v) is 3.77. The fourth-order valence-corrected chi connectivity index (χ4v) is 0.750. The second-order valence-electron chi connectivity index (χ2n) is 1.10. The minimum Gasteiger partial charge on any atom is -0.125 e.